The topological polar surface area (TPSA) is 63.1 Å². The average molecular weight is 246 g/mol. The number of nitrogens with zero attached hydrogens (tertiary/aromatic N) is 2. The Morgan fingerprint density at radius 1 is 1.17 bits per heavy atom. The van der Waals surface area contributed by atoms with Crippen LogP contribution in [0.15, 0.2) is 24.3 Å². The van der Waals surface area contributed by atoms with Crippen LogP contribution in [0, 0.1) is 19.7 Å². The second-order valence-electron chi connectivity index (χ2n) is 3.88. The van der Waals surface area contributed by atoms with Crippen LogP contribution in [-0.4, -0.2) is 21.0 Å². The van der Waals surface area contributed by atoms with Crippen LogP contribution in [0.5, 0.6) is 0 Å². The Hall–Kier alpha value is -2.30. The predicted octanol–water partition coefficient (Wildman–Crippen LogP) is 2.60. The van der Waals surface area contributed by atoms with Gasteiger partial charge in [0, 0.05) is 0 Å². The summed E-state index contributed by atoms with van der Waals surface area (Å²) < 4.78 is 13.6. The first-order valence-electron chi connectivity index (χ1n) is 5.34. The van der Waals surface area contributed by atoms with Gasteiger partial charge in [-0.15, -0.1) is 0 Å². The lowest BCUT2D eigenvalue weighted by molar-refractivity contribution is 0.0694. The van der Waals surface area contributed by atoms with E-state index in [0.29, 0.717) is 11.4 Å². The van der Waals surface area contributed by atoms with Crippen LogP contribution in [0.1, 0.15) is 21.7 Å². The molecule has 1 heterocycles. The number of carboxylic acid groups (broad SMARTS) is 1. The molecule has 1 aromatic carbocycles. The van der Waals surface area contributed by atoms with Gasteiger partial charge >= 0.3 is 5.97 Å². The Labute approximate surface area is 103 Å². The van der Waals surface area contributed by atoms with E-state index in [-0.39, 0.29) is 17.0 Å². The van der Waals surface area contributed by atoms with Crippen LogP contribution in [0.2, 0.25) is 0 Å². The zero-order chi connectivity index (χ0) is 13.3. The molecule has 0 saturated heterocycles. The van der Waals surface area contributed by atoms with E-state index >= 15 is 0 Å². The number of carboxylic acids is 1. The van der Waals surface area contributed by atoms with Crippen molar-refractivity contribution < 1.29 is 14.3 Å². The standard InChI is InChI=1S/C13H11FN2O2/c1-7-11(13(17)18)8(2)16-12(15-7)9-5-3-4-6-10(9)14/h3-6H,1-2H3,(H,17,18). The van der Waals surface area contributed by atoms with Crippen molar-refractivity contribution in [2.24, 2.45) is 0 Å². The summed E-state index contributed by atoms with van der Waals surface area (Å²) in [5.41, 5.74) is 0.984. The highest BCUT2D eigenvalue weighted by Crippen LogP contribution is 2.21. The number of hydrogen-bond donors (Lipinski definition) is 1. The first-order chi connectivity index (χ1) is 8.50. The molecule has 1 N–H and O–H groups in total. The monoisotopic (exact) mass is 246 g/mol. The third-order valence-electron chi connectivity index (χ3n) is 2.60. The Kier molecular flexibility index (Phi) is 3.06. The van der Waals surface area contributed by atoms with E-state index in [0.717, 1.165) is 0 Å². The maximum absolute atomic E-state index is 13.6. The molecule has 0 spiro atoms. The Morgan fingerprint density at radius 2 is 1.72 bits per heavy atom. The molecule has 0 aliphatic heterocycles. The van der Waals surface area contributed by atoms with E-state index in [4.69, 9.17) is 5.11 Å². The summed E-state index contributed by atoms with van der Waals surface area (Å²) in [6.45, 7) is 3.14. The maximum atomic E-state index is 13.6. The quantitative estimate of drug-likeness (QED) is 0.884. The molecule has 1 aromatic heterocycles. The largest absolute Gasteiger partial charge is 0.478 e. The molecule has 0 radical (unpaired) electrons. The number of rotatable bonds is 2. The minimum absolute atomic E-state index is 0.0649. The fraction of sp³-hybridized carbons (Fsp3) is 0.154. The molecule has 18 heavy (non-hydrogen) atoms. The molecule has 5 heteroatoms. The third-order valence-corrected chi connectivity index (χ3v) is 2.60. The van der Waals surface area contributed by atoms with Crippen molar-refractivity contribution in [2.45, 2.75) is 13.8 Å². The summed E-state index contributed by atoms with van der Waals surface area (Å²) in [7, 11) is 0. The van der Waals surface area contributed by atoms with Crippen LogP contribution < -0.4 is 0 Å². The lowest BCUT2D eigenvalue weighted by Crippen LogP contribution is -2.08. The fourth-order valence-corrected chi connectivity index (χ4v) is 1.79. The number of aromatic carboxylic acids is 1. The van der Waals surface area contributed by atoms with Gasteiger partial charge in [-0.25, -0.2) is 19.2 Å². The van der Waals surface area contributed by atoms with Crippen LogP contribution in [0.25, 0.3) is 11.4 Å². The zero-order valence-corrected chi connectivity index (χ0v) is 9.94. The summed E-state index contributed by atoms with van der Waals surface area (Å²) in [5.74, 6) is -1.31. The van der Waals surface area contributed by atoms with E-state index in [1.165, 1.54) is 6.07 Å². The summed E-state index contributed by atoms with van der Waals surface area (Å²) in [5, 5.41) is 9.01. The molecule has 0 bridgehead atoms. The minimum atomic E-state index is -1.08. The highest BCUT2D eigenvalue weighted by molar-refractivity contribution is 5.90. The van der Waals surface area contributed by atoms with E-state index in [1.54, 1.807) is 32.0 Å². The SMILES string of the molecule is Cc1nc(-c2ccccc2F)nc(C)c1C(=O)O. The number of aryl methyl sites for hydroxylation is 2. The Balaban J connectivity index is 2.62. The van der Waals surface area contributed by atoms with Crippen molar-refractivity contribution in [1.29, 1.82) is 0 Å². The predicted molar refractivity (Wildman–Crippen MR) is 63.9 cm³/mol. The fourth-order valence-electron chi connectivity index (χ4n) is 1.79. The first kappa shape index (κ1) is 12.2. The van der Waals surface area contributed by atoms with Gasteiger partial charge in [-0.1, -0.05) is 12.1 Å². The molecular formula is C13H11FN2O2. The van der Waals surface area contributed by atoms with Crippen LogP contribution in [-0.2, 0) is 0 Å². The highest BCUT2D eigenvalue weighted by Gasteiger charge is 2.16. The number of aromatic nitrogens is 2. The van der Waals surface area contributed by atoms with Gasteiger partial charge < -0.3 is 5.11 Å². The number of carbonyl (C=O) groups is 1. The van der Waals surface area contributed by atoms with Gasteiger partial charge in [0.25, 0.3) is 0 Å². The summed E-state index contributed by atoms with van der Waals surface area (Å²) in [4.78, 5) is 19.1. The smallest absolute Gasteiger partial charge is 0.339 e. The lowest BCUT2D eigenvalue weighted by atomic mass is 10.1. The maximum Gasteiger partial charge on any atom is 0.339 e. The molecule has 0 aliphatic rings. The van der Waals surface area contributed by atoms with Crippen molar-refractivity contribution in [2.75, 3.05) is 0 Å². The van der Waals surface area contributed by atoms with Crippen molar-refractivity contribution in [3.05, 3.63) is 47.0 Å². The molecule has 0 fully saturated rings. The van der Waals surface area contributed by atoms with Crippen molar-refractivity contribution in [3.8, 4) is 11.4 Å². The van der Waals surface area contributed by atoms with E-state index in [2.05, 4.69) is 9.97 Å². The third kappa shape index (κ3) is 2.07. The first-order valence-corrected chi connectivity index (χ1v) is 5.34. The molecule has 2 aromatic rings. The molecule has 92 valence electrons. The molecule has 0 atom stereocenters. The molecule has 0 aliphatic carbocycles. The Morgan fingerprint density at radius 3 is 2.22 bits per heavy atom. The summed E-state index contributed by atoms with van der Waals surface area (Å²) >= 11 is 0. The van der Waals surface area contributed by atoms with Gasteiger partial charge in [0.15, 0.2) is 5.82 Å². The molecule has 0 saturated carbocycles. The van der Waals surface area contributed by atoms with Gasteiger partial charge in [-0.05, 0) is 26.0 Å². The minimum Gasteiger partial charge on any atom is -0.478 e. The van der Waals surface area contributed by atoms with Crippen molar-refractivity contribution >= 4 is 5.97 Å². The van der Waals surface area contributed by atoms with Gasteiger partial charge in [0.1, 0.15) is 11.4 Å². The molecule has 0 unspecified atom stereocenters. The van der Waals surface area contributed by atoms with Crippen molar-refractivity contribution in [1.82, 2.24) is 9.97 Å². The van der Waals surface area contributed by atoms with E-state index in [1.807, 2.05) is 0 Å². The Bertz CT molecular complexity index is 603. The second kappa shape index (κ2) is 4.52. The number of benzene rings is 1. The van der Waals surface area contributed by atoms with Crippen LogP contribution in [0.3, 0.4) is 0 Å². The molecular weight excluding hydrogens is 235 g/mol. The lowest BCUT2D eigenvalue weighted by Gasteiger charge is -2.08. The van der Waals surface area contributed by atoms with Gasteiger partial charge in [0.2, 0.25) is 0 Å². The highest BCUT2D eigenvalue weighted by atomic mass is 19.1. The van der Waals surface area contributed by atoms with Gasteiger partial charge in [-0.3, -0.25) is 0 Å². The molecule has 2 rings (SSSR count). The average Bonchev–Trinajstić information content (AvgIpc) is 2.27. The zero-order valence-electron chi connectivity index (χ0n) is 9.94. The molecule has 0 amide bonds. The van der Waals surface area contributed by atoms with Crippen LogP contribution >= 0.6 is 0 Å². The van der Waals surface area contributed by atoms with Crippen LogP contribution in [0.4, 0.5) is 4.39 Å². The summed E-state index contributed by atoms with van der Waals surface area (Å²) in [6, 6.07) is 6.13. The van der Waals surface area contributed by atoms with Gasteiger partial charge in [-0.2, -0.15) is 0 Å². The summed E-state index contributed by atoms with van der Waals surface area (Å²) in [6.07, 6.45) is 0. The molecule has 4 nitrogen and oxygen atoms in total. The van der Waals surface area contributed by atoms with Gasteiger partial charge in [0.05, 0.1) is 17.0 Å². The van der Waals surface area contributed by atoms with E-state index < -0.39 is 11.8 Å². The van der Waals surface area contributed by atoms with Crippen molar-refractivity contribution in [3.63, 3.8) is 0 Å². The van der Waals surface area contributed by atoms with E-state index in [9.17, 15) is 9.18 Å². The number of hydrogen-bond acceptors (Lipinski definition) is 3. The second-order valence-corrected chi connectivity index (χ2v) is 3.88. The number of halogens is 1. The normalized spacial score (nSPS) is 10.4.